The minimum Gasteiger partial charge on any atom is -0.493 e. The second-order valence-corrected chi connectivity index (χ2v) is 6.91. The van der Waals surface area contributed by atoms with Gasteiger partial charge in [0.1, 0.15) is 0 Å². The van der Waals surface area contributed by atoms with Gasteiger partial charge in [-0.25, -0.2) is 4.98 Å². The van der Waals surface area contributed by atoms with Crippen LogP contribution in [-0.2, 0) is 11.2 Å². The van der Waals surface area contributed by atoms with Gasteiger partial charge in [0, 0.05) is 19.0 Å². The highest BCUT2D eigenvalue weighted by molar-refractivity contribution is 7.18. The number of ether oxygens (including phenoxy) is 2. The summed E-state index contributed by atoms with van der Waals surface area (Å²) in [5, 5.41) is 12.8. The van der Waals surface area contributed by atoms with Crippen LogP contribution >= 0.6 is 11.3 Å². The fourth-order valence-electron chi connectivity index (χ4n) is 2.54. The Kier molecular flexibility index (Phi) is 6.23. The third-order valence-corrected chi connectivity index (χ3v) is 4.98. The molecule has 0 radical (unpaired) electrons. The average Bonchev–Trinajstić information content (AvgIpc) is 3.12. The maximum Gasteiger partial charge on any atom is 0.257 e. The summed E-state index contributed by atoms with van der Waals surface area (Å²) in [7, 11) is 1.49. The first-order chi connectivity index (χ1) is 13.2. The first-order valence-corrected chi connectivity index (χ1v) is 9.33. The molecular formula is C20H19N3O3S. The zero-order chi connectivity index (χ0) is 19.1. The smallest absolute Gasteiger partial charge is 0.257 e. The lowest BCUT2D eigenvalue weighted by atomic mass is 10.2. The average molecular weight is 381 g/mol. The number of nitrogens with one attached hydrogen (secondary N) is 1. The summed E-state index contributed by atoms with van der Waals surface area (Å²) in [6.45, 7) is 0.450. The molecule has 1 aromatic heterocycles. The van der Waals surface area contributed by atoms with E-state index in [0.29, 0.717) is 23.6 Å². The molecule has 3 aromatic rings. The van der Waals surface area contributed by atoms with E-state index in [0.717, 1.165) is 23.4 Å². The molecule has 138 valence electrons. The third kappa shape index (κ3) is 4.96. The van der Waals surface area contributed by atoms with Crippen molar-refractivity contribution in [3.8, 4) is 17.6 Å². The zero-order valence-electron chi connectivity index (χ0n) is 14.9. The number of methoxy groups -OCH3 is 1. The van der Waals surface area contributed by atoms with E-state index >= 15 is 0 Å². The Morgan fingerprint density at radius 3 is 2.89 bits per heavy atom. The van der Waals surface area contributed by atoms with E-state index in [9.17, 15) is 4.79 Å². The van der Waals surface area contributed by atoms with Crippen LogP contribution in [0.4, 0.5) is 0 Å². The standard InChI is InChI=1S/C20H19N3O3S/c1-25-17-11-14(12-21)8-9-16(17)26-13-19(24)22-10-4-7-20-23-15-5-2-3-6-18(15)27-20/h2-3,5-6,8-9,11H,4,7,10,13H2,1H3,(H,22,24). The van der Waals surface area contributed by atoms with Crippen molar-refractivity contribution < 1.29 is 14.3 Å². The molecule has 1 N–H and O–H groups in total. The van der Waals surface area contributed by atoms with E-state index in [1.807, 2.05) is 24.3 Å². The molecule has 0 fully saturated rings. The summed E-state index contributed by atoms with van der Waals surface area (Å²) in [6.07, 6.45) is 1.63. The van der Waals surface area contributed by atoms with E-state index in [2.05, 4.69) is 16.4 Å². The van der Waals surface area contributed by atoms with Crippen LogP contribution in [0.2, 0.25) is 0 Å². The fourth-order valence-corrected chi connectivity index (χ4v) is 3.55. The number of hydrogen-bond donors (Lipinski definition) is 1. The molecule has 1 heterocycles. The van der Waals surface area contributed by atoms with E-state index in [-0.39, 0.29) is 12.5 Å². The molecule has 7 heteroatoms. The molecule has 0 aliphatic carbocycles. The van der Waals surface area contributed by atoms with Crippen molar-refractivity contribution in [2.24, 2.45) is 0 Å². The van der Waals surface area contributed by atoms with Crippen molar-refractivity contribution in [3.05, 3.63) is 53.0 Å². The van der Waals surface area contributed by atoms with Crippen LogP contribution in [0, 0.1) is 11.3 Å². The molecule has 0 atom stereocenters. The number of para-hydroxylation sites is 1. The van der Waals surface area contributed by atoms with Gasteiger partial charge in [0.15, 0.2) is 18.1 Å². The number of carbonyl (C=O) groups excluding carboxylic acids is 1. The van der Waals surface area contributed by atoms with E-state index in [1.54, 1.807) is 29.5 Å². The van der Waals surface area contributed by atoms with Gasteiger partial charge in [-0.1, -0.05) is 12.1 Å². The Bertz CT molecular complexity index is 945. The van der Waals surface area contributed by atoms with Crippen molar-refractivity contribution in [1.82, 2.24) is 10.3 Å². The van der Waals surface area contributed by atoms with Crippen LogP contribution in [0.3, 0.4) is 0 Å². The number of amides is 1. The monoisotopic (exact) mass is 381 g/mol. The molecule has 1 amide bonds. The van der Waals surface area contributed by atoms with E-state index in [4.69, 9.17) is 14.7 Å². The van der Waals surface area contributed by atoms with Crippen LogP contribution in [0.25, 0.3) is 10.2 Å². The zero-order valence-corrected chi connectivity index (χ0v) is 15.7. The number of rotatable bonds is 8. The molecule has 3 rings (SSSR count). The van der Waals surface area contributed by atoms with Crippen LogP contribution in [0.1, 0.15) is 17.0 Å². The van der Waals surface area contributed by atoms with Gasteiger partial charge in [-0.3, -0.25) is 4.79 Å². The molecule has 27 heavy (non-hydrogen) atoms. The Labute approximate surface area is 161 Å². The second kappa shape index (κ2) is 9.01. The molecule has 0 saturated carbocycles. The lowest BCUT2D eigenvalue weighted by Gasteiger charge is -2.11. The number of benzene rings is 2. The van der Waals surface area contributed by atoms with Crippen molar-refractivity contribution in [1.29, 1.82) is 5.26 Å². The largest absolute Gasteiger partial charge is 0.493 e. The molecule has 0 saturated heterocycles. The second-order valence-electron chi connectivity index (χ2n) is 5.79. The van der Waals surface area contributed by atoms with E-state index in [1.165, 1.54) is 11.8 Å². The predicted octanol–water partition coefficient (Wildman–Crippen LogP) is 3.30. The summed E-state index contributed by atoms with van der Waals surface area (Å²) >= 11 is 1.69. The minimum atomic E-state index is -0.203. The number of thiazole rings is 1. The highest BCUT2D eigenvalue weighted by atomic mass is 32.1. The number of hydrogen-bond acceptors (Lipinski definition) is 6. The van der Waals surface area contributed by atoms with Gasteiger partial charge < -0.3 is 14.8 Å². The number of nitrogens with zero attached hydrogens (tertiary/aromatic N) is 2. The fraction of sp³-hybridized carbons (Fsp3) is 0.250. The first-order valence-electron chi connectivity index (χ1n) is 8.51. The van der Waals surface area contributed by atoms with Crippen LogP contribution in [0.15, 0.2) is 42.5 Å². The van der Waals surface area contributed by atoms with E-state index < -0.39 is 0 Å². The van der Waals surface area contributed by atoms with Crippen LogP contribution < -0.4 is 14.8 Å². The lowest BCUT2D eigenvalue weighted by molar-refractivity contribution is -0.123. The Morgan fingerprint density at radius 1 is 1.26 bits per heavy atom. The van der Waals surface area contributed by atoms with Gasteiger partial charge in [-0.05, 0) is 30.7 Å². The van der Waals surface area contributed by atoms with Gasteiger partial charge in [0.05, 0.1) is 34.0 Å². The molecular weight excluding hydrogens is 362 g/mol. The number of carbonyl (C=O) groups is 1. The number of nitriles is 1. The number of fused-ring (bicyclic) bond motifs is 1. The van der Waals surface area contributed by atoms with Crippen LogP contribution in [0.5, 0.6) is 11.5 Å². The van der Waals surface area contributed by atoms with Crippen molar-refractivity contribution >= 4 is 27.5 Å². The van der Waals surface area contributed by atoms with Gasteiger partial charge in [0.25, 0.3) is 5.91 Å². The summed E-state index contributed by atoms with van der Waals surface area (Å²) in [6, 6.07) is 14.9. The maximum absolute atomic E-state index is 11.9. The molecule has 0 bridgehead atoms. The Hall–Kier alpha value is -3.11. The summed E-state index contributed by atoms with van der Waals surface area (Å²) in [4.78, 5) is 16.5. The summed E-state index contributed by atoms with van der Waals surface area (Å²) in [5.74, 6) is 0.657. The first kappa shape index (κ1) is 18.7. The highest BCUT2D eigenvalue weighted by Crippen LogP contribution is 2.27. The number of aryl methyl sites for hydroxylation is 1. The minimum absolute atomic E-state index is 0.108. The lowest BCUT2D eigenvalue weighted by Crippen LogP contribution is -2.30. The molecule has 2 aromatic carbocycles. The normalized spacial score (nSPS) is 10.4. The molecule has 0 spiro atoms. The van der Waals surface area contributed by atoms with Gasteiger partial charge in [-0.2, -0.15) is 5.26 Å². The third-order valence-electron chi connectivity index (χ3n) is 3.88. The predicted molar refractivity (Wildman–Crippen MR) is 104 cm³/mol. The molecule has 0 unspecified atom stereocenters. The number of aromatic nitrogens is 1. The highest BCUT2D eigenvalue weighted by Gasteiger charge is 2.09. The summed E-state index contributed by atoms with van der Waals surface area (Å²) in [5.41, 5.74) is 1.49. The SMILES string of the molecule is COc1cc(C#N)ccc1OCC(=O)NCCCc1nc2ccccc2s1. The Morgan fingerprint density at radius 2 is 2.11 bits per heavy atom. The maximum atomic E-state index is 11.9. The van der Waals surface area contributed by atoms with Gasteiger partial charge >= 0.3 is 0 Å². The molecule has 0 aliphatic rings. The topological polar surface area (TPSA) is 84.2 Å². The molecule has 6 nitrogen and oxygen atoms in total. The molecule has 0 aliphatic heterocycles. The van der Waals surface area contributed by atoms with Gasteiger partial charge in [-0.15, -0.1) is 11.3 Å². The van der Waals surface area contributed by atoms with Crippen molar-refractivity contribution in [3.63, 3.8) is 0 Å². The van der Waals surface area contributed by atoms with Gasteiger partial charge in [0.2, 0.25) is 0 Å². The van der Waals surface area contributed by atoms with Crippen LogP contribution in [-0.4, -0.2) is 31.2 Å². The quantitative estimate of drug-likeness (QED) is 0.605. The van der Waals surface area contributed by atoms with Crippen molar-refractivity contribution in [2.75, 3.05) is 20.3 Å². The summed E-state index contributed by atoms with van der Waals surface area (Å²) < 4.78 is 11.8. The van der Waals surface area contributed by atoms with Crippen molar-refractivity contribution in [2.45, 2.75) is 12.8 Å². The Balaban J connectivity index is 1.41.